The van der Waals surface area contributed by atoms with E-state index in [1.54, 1.807) is 12.3 Å². The molecule has 0 radical (unpaired) electrons. The summed E-state index contributed by atoms with van der Waals surface area (Å²) in [5.41, 5.74) is 2.27. The first-order valence-electron chi connectivity index (χ1n) is 14.6. The molecule has 218 valence electrons. The fourth-order valence-electron chi connectivity index (χ4n) is 6.30. The van der Waals surface area contributed by atoms with Gasteiger partial charge in [-0.1, -0.05) is 24.6 Å². The van der Waals surface area contributed by atoms with Gasteiger partial charge in [-0.25, -0.2) is 0 Å². The van der Waals surface area contributed by atoms with Gasteiger partial charge in [-0.3, -0.25) is 4.79 Å². The van der Waals surface area contributed by atoms with E-state index in [-0.39, 0.29) is 24.0 Å². The lowest BCUT2D eigenvalue weighted by Gasteiger charge is -2.39. The van der Waals surface area contributed by atoms with E-state index >= 15 is 0 Å². The quantitative estimate of drug-likeness (QED) is 0.215. The topological polar surface area (TPSA) is 111 Å². The maximum absolute atomic E-state index is 13.2. The Kier molecular flexibility index (Phi) is 8.01. The number of aromatic nitrogens is 1. The second kappa shape index (κ2) is 11.7. The van der Waals surface area contributed by atoms with Crippen molar-refractivity contribution in [2.24, 2.45) is 5.92 Å². The molecule has 2 aromatic heterocycles. The summed E-state index contributed by atoms with van der Waals surface area (Å²) < 4.78 is 11.8. The van der Waals surface area contributed by atoms with Gasteiger partial charge in [-0.15, -0.1) is 0 Å². The SMILES string of the molecule is C[C@H]1CN(CC[C@]2(O)CC[C@@H](NC(=O)c3cc4c(OCc5coc6ccc(Cl)cc56)cccc4[nH]3)CC2)CC[C@@H]1O. The number of H-pyrrole nitrogens is 1. The van der Waals surface area contributed by atoms with Crippen LogP contribution in [-0.4, -0.2) is 63.4 Å². The Labute approximate surface area is 244 Å². The number of aliphatic hydroxyl groups is 2. The zero-order chi connectivity index (χ0) is 28.6. The standard InChI is InChI=1S/C32H38ClN3O5/c1-20-17-36(13-9-28(20)37)14-12-32(39)10-7-23(8-11-32)34-31(38)27-16-25-26(35-27)3-2-4-29(25)40-18-21-19-41-30-6-5-22(33)15-24(21)30/h2-6,15-16,19-20,23,28,35,37,39H,7-14,17-18H2,1H3,(H,34,38)/t20-,23-,28-,32+/m0/s1. The maximum Gasteiger partial charge on any atom is 0.267 e. The smallest absolute Gasteiger partial charge is 0.267 e. The molecule has 3 heterocycles. The number of piperidine rings is 1. The fraction of sp³-hybridized carbons (Fsp3) is 0.469. The number of aromatic amines is 1. The Hall–Kier alpha value is -3.04. The van der Waals surface area contributed by atoms with E-state index in [2.05, 4.69) is 22.1 Å². The van der Waals surface area contributed by atoms with E-state index < -0.39 is 5.60 Å². The van der Waals surface area contributed by atoms with Crippen molar-refractivity contribution in [3.8, 4) is 5.75 Å². The lowest BCUT2D eigenvalue weighted by molar-refractivity contribution is -0.0272. The number of carbonyl (C=O) groups excluding carboxylic acids is 1. The third kappa shape index (κ3) is 6.26. The molecule has 2 atom stereocenters. The van der Waals surface area contributed by atoms with E-state index in [1.165, 1.54) is 0 Å². The summed E-state index contributed by atoms with van der Waals surface area (Å²) in [5, 5.41) is 26.7. The molecule has 6 rings (SSSR count). The number of carbonyl (C=O) groups is 1. The summed E-state index contributed by atoms with van der Waals surface area (Å²) in [6.45, 7) is 4.99. The lowest BCUT2D eigenvalue weighted by atomic mass is 9.80. The van der Waals surface area contributed by atoms with Crippen LogP contribution in [0.25, 0.3) is 21.9 Å². The van der Waals surface area contributed by atoms with Crippen molar-refractivity contribution in [2.45, 2.75) is 69.8 Å². The molecule has 4 N–H and O–H groups in total. The second-order valence-corrected chi connectivity index (χ2v) is 12.4. The highest BCUT2D eigenvalue weighted by Gasteiger charge is 2.35. The third-order valence-corrected chi connectivity index (χ3v) is 9.19. The monoisotopic (exact) mass is 579 g/mol. The van der Waals surface area contributed by atoms with Gasteiger partial charge in [0.15, 0.2) is 0 Å². The minimum Gasteiger partial charge on any atom is -0.488 e. The molecule has 1 aliphatic heterocycles. The molecule has 1 saturated heterocycles. The highest BCUT2D eigenvalue weighted by atomic mass is 35.5. The van der Waals surface area contributed by atoms with Gasteiger partial charge < -0.3 is 34.6 Å². The van der Waals surface area contributed by atoms with Crippen LogP contribution in [0.5, 0.6) is 5.75 Å². The first-order valence-corrected chi connectivity index (χ1v) is 15.0. The van der Waals surface area contributed by atoms with Gasteiger partial charge in [0.25, 0.3) is 5.91 Å². The van der Waals surface area contributed by atoms with Crippen molar-refractivity contribution in [2.75, 3.05) is 19.6 Å². The van der Waals surface area contributed by atoms with Crippen molar-refractivity contribution in [1.29, 1.82) is 0 Å². The molecule has 2 fully saturated rings. The van der Waals surface area contributed by atoms with Crippen LogP contribution >= 0.6 is 11.6 Å². The molecule has 0 spiro atoms. The summed E-state index contributed by atoms with van der Waals surface area (Å²) in [6.07, 6.45) is 5.82. The van der Waals surface area contributed by atoms with Crippen LogP contribution in [0.4, 0.5) is 0 Å². The van der Waals surface area contributed by atoms with Crippen LogP contribution in [0.2, 0.25) is 5.02 Å². The number of nitrogens with one attached hydrogen (secondary N) is 2. The number of nitrogens with zero attached hydrogens (tertiary/aromatic N) is 1. The number of ether oxygens (including phenoxy) is 1. The fourth-order valence-corrected chi connectivity index (χ4v) is 6.47. The Morgan fingerprint density at radius 3 is 2.83 bits per heavy atom. The second-order valence-electron chi connectivity index (χ2n) is 11.9. The van der Waals surface area contributed by atoms with Crippen LogP contribution in [0, 0.1) is 5.92 Å². The van der Waals surface area contributed by atoms with Crippen molar-refractivity contribution >= 4 is 39.4 Å². The molecule has 0 unspecified atom stereocenters. The largest absolute Gasteiger partial charge is 0.488 e. The molecule has 1 saturated carbocycles. The molecule has 41 heavy (non-hydrogen) atoms. The molecule has 4 aromatic rings. The van der Waals surface area contributed by atoms with Crippen LogP contribution in [0.1, 0.15) is 61.5 Å². The Morgan fingerprint density at radius 1 is 1.20 bits per heavy atom. The van der Waals surface area contributed by atoms with Crippen molar-refractivity contribution < 1.29 is 24.2 Å². The molecule has 8 nitrogen and oxygen atoms in total. The number of benzene rings is 2. The normalized spacial score (nSPS) is 25.5. The van der Waals surface area contributed by atoms with E-state index in [9.17, 15) is 15.0 Å². The molecule has 1 aliphatic carbocycles. The van der Waals surface area contributed by atoms with Gasteiger partial charge >= 0.3 is 0 Å². The number of hydrogen-bond donors (Lipinski definition) is 4. The van der Waals surface area contributed by atoms with Crippen LogP contribution in [0.15, 0.2) is 53.1 Å². The molecule has 9 heteroatoms. The number of aliphatic hydroxyl groups excluding tert-OH is 1. The first kappa shape index (κ1) is 28.1. The van der Waals surface area contributed by atoms with Gasteiger partial charge in [-0.05, 0) is 80.8 Å². The third-order valence-electron chi connectivity index (χ3n) is 8.96. The van der Waals surface area contributed by atoms with Gasteiger partial charge in [-0.2, -0.15) is 0 Å². The molecule has 2 aliphatic rings. The van der Waals surface area contributed by atoms with Crippen LogP contribution in [0.3, 0.4) is 0 Å². The number of halogens is 1. The van der Waals surface area contributed by atoms with Gasteiger partial charge in [0.1, 0.15) is 23.6 Å². The number of rotatable bonds is 8. The molecule has 2 aromatic carbocycles. The van der Waals surface area contributed by atoms with E-state index in [0.29, 0.717) is 35.9 Å². The van der Waals surface area contributed by atoms with E-state index in [1.807, 2.05) is 36.4 Å². The van der Waals surface area contributed by atoms with Crippen molar-refractivity contribution in [1.82, 2.24) is 15.2 Å². The Balaban J connectivity index is 1.04. The van der Waals surface area contributed by atoms with Crippen molar-refractivity contribution in [3.05, 3.63) is 65.0 Å². The summed E-state index contributed by atoms with van der Waals surface area (Å²) in [7, 11) is 0. The summed E-state index contributed by atoms with van der Waals surface area (Å²) >= 11 is 6.17. The number of furan rings is 1. The zero-order valence-corrected chi connectivity index (χ0v) is 24.1. The Morgan fingerprint density at radius 2 is 2.02 bits per heavy atom. The lowest BCUT2D eigenvalue weighted by Crippen LogP contribution is -2.47. The maximum atomic E-state index is 13.2. The van der Waals surface area contributed by atoms with Crippen LogP contribution in [-0.2, 0) is 6.61 Å². The number of amides is 1. The highest BCUT2D eigenvalue weighted by Crippen LogP contribution is 2.33. The minimum absolute atomic E-state index is 0.0243. The number of likely N-dealkylation sites (tertiary alicyclic amines) is 1. The zero-order valence-electron chi connectivity index (χ0n) is 23.4. The average Bonchev–Trinajstić information content (AvgIpc) is 3.58. The van der Waals surface area contributed by atoms with Crippen LogP contribution < -0.4 is 10.1 Å². The highest BCUT2D eigenvalue weighted by molar-refractivity contribution is 6.31. The van der Waals surface area contributed by atoms with Gasteiger partial charge in [0.05, 0.1) is 18.0 Å². The predicted molar refractivity (Wildman–Crippen MR) is 159 cm³/mol. The van der Waals surface area contributed by atoms with Crippen molar-refractivity contribution in [3.63, 3.8) is 0 Å². The molecular formula is C32H38ClN3O5. The summed E-state index contributed by atoms with van der Waals surface area (Å²) in [5.74, 6) is 0.793. The first-order chi connectivity index (χ1) is 19.8. The van der Waals surface area contributed by atoms with Gasteiger partial charge in [0.2, 0.25) is 0 Å². The Bertz CT molecular complexity index is 1520. The molecular weight excluding hydrogens is 542 g/mol. The van der Waals surface area contributed by atoms with Gasteiger partial charge in [0, 0.05) is 52.6 Å². The summed E-state index contributed by atoms with van der Waals surface area (Å²) in [4.78, 5) is 18.8. The molecule has 1 amide bonds. The average molecular weight is 580 g/mol. The predicted octanol–water partition coefficient (Wildman–Crippen LogP) is 5.64. The minimum atomic E-state index is -0.695. The van der Waals surface area contributed by atoms with E-state index in [4.69, 9.17) is 20.8 Å². The summed E-state index contributed by atoms with van der Waals surface area (Å²) in [6, 6.07) is 13.1. The molecule has 0 bridgehead atoms. The number of hydrogen-bond acceptors (Lipinski definition) is 6. The number of fused-ring (bicyclic) bond motifs is 2. The van der Waals surface area contributed by atoms with E-state index in [0.717, 1.165) is 72.8 Å².